The van der Waals surface area contributed by atoms with Crippen molar-refractivity contribution in [3.05, 3.63) is 11.9 Å². The molecule has 22 heavy (non-hydrogen) atoms. The molecule has 1 aromatic heterocycles. The first kappa shape index (κ1) is 16.7. The molecule has 8 heteroatoms. The van der Waals surface area contributed by atoms with Crippen LogP contribution in [0.2, 0.25) is 0 Å². The lowest BCUT2D eigenvalue weighted by Crippen LogP contribution is -2.57. The van der Waals surface area contributed by atoms with Crippen LogP contribution >= 0.6 is 0 Å². The van der Waals surface area contributed by atoms with Gasteiger partial charge in [0, 0.05) is 52.0 Å². The van der Waals surface area contributed by atoms with Crippen LogP contribution in [0.3, 0.4) is 0 Å². The van der Waals surface area contributed by atoms with Crippen molar-refractivity contribution in [2.75, 3.05) is 26.2 Å². The van der Waals surface area contributed by atoms with Gasteiger partial charge in [-0.3, -0.25) is 9.58 Å². The maximum Gasteiger partial charge on any atom is 0.410 e. The number of hydrogen-bond acceptors (Lipinski definition) is 6. The van der Waals surface area contributed by atoms with Crippen molar-refractivity contribution >= 4 is 6.09 Å². The van der Waals surface area contributed by atoms with Gasteiger partial charge < -0.3 is 15.4 Å². The van der Waals surface area contributed by atoms with Crippen molar-refractivity contribution in [1.29, 1.82) is 0 Å². The maximum atomic E-state index is 12.2. The van der Waals surface area contributed by atoms with E-state index in [2.05, 4.69) is 15.2 Å². The molecule has 8 nitrogen and oxygen atoms in total. The van der Waals surface area contributed by atoms with Crippen LogP contribution in [0.15, 0.2) is 6.20 Å². The number of carbonyl (C=O) groups is 1. The van der Waals surface area contributed by atoms with E-state index in [0.29, 0.717) is 26.2 Å². The summed E-state index contributed by atoms with van der Waals surface area (Å²) in [4.78, 5) is 16.1. The number of ether oxygens (including phenoxy) is 1. The number of rotatable bonds is 3. The molecule has 1 amide bonds. The number of piperazine rings is 1. The Kier molecular flexibility index (Phi) is 5.02. The third-order valence-corrected chi connectivity index (χ3v) is 3.54. The first-order valence-corrected chi connectivity index (χ1v) is 7.56. The number of amides is 1. The molecule has 0 spiro atoms. The van der Waals surface area contributed by atoms with Gasteiger partial charge in [-0.1, -0.05) is 5.21 Å². The standard InChI is InChI=1S/C14H26N6O2/c1-14(2,3)22-13(21)20-6-5-19(12(7-15)10-20)9-11-8-18(4)17-16-11/h8,12H,5-7,9-10,15H2,1-4H3. The van der Waals surface area contributed by atoms with Crippen LogP contribution in [0.5, 0.6) is 0 Å². The molecule has 0 aliphatic carbocycles. The van der Waals surface area contributed by atoms with Gasteiger partial charge in [-0.05, 0) is 20.8 Å². The van der Waals surface area contributed by atoms with Crippen LogP contribution in [-0.4, -0.2) is 68.7 Å². The number of aryl methyl sites for hydroxylation is 1. The van der Waals surface area contributed by atoms with E-state index in [4.69, 9.17) is 10.5 Å². The van der Waals surface area contributed by atoms with Crippen molar-refractivity contribution in [3.8, 4) is 0 Å². The van der Waals surface area contributed by atoms with Gasteiger partial charge in [-0.25, -0.2) is 4.79 Å². The minimum Gasteiger partial charge on any atom is -0.444 e. The number of hydrogen-bond donors (Lipinski definition) is 1. The average molecular weight is 310 g/mol. The lowest BCUT2D eigenvalue weighted by atomic mass is 10.1. The van der Waals surface area contributed by atoms with Crippen LogP contribution in [0.25, 0.3) is 0 Å². The third kappa shape index (κ3) is 4.41. The summed E-state index contributed by atoms with van der Waals surface area (Å²) in [5.41, 5.74) is 6.31. The molecule has 1 fully saturated rings. The van der Waals surface area contributed by atoms with E-state index in [1.807, 2.05) is 34.0 Å². The summed E-state index contributed by atoms with van der Waals surface area (Å²) in [6.07, 6.45) is 1.62. The van der Waals surface area contributed by atoms with Gasteiger partial charge in [0.15, 0.2) is 0 Å². The van der Waals surface area contributed by atoms with E-state index in [-0.39, 0.29) is 12.1 Å². The molecule has 2 heterocycles. The molecule has 2 N–H and O–H groups in total. The molecule has 1 saturated heterocycles. The molecule has 0 aromatic carbocycles. The Morgan fingerprint density at radius 1 is 1.45 bits per heavy atom. The predicted octanol–water partition coefficient (Wildman–Crippen LogP) is 0.195. The average Bonchev–Trinajstić information content (AvgIpc) is 2.82. The summed E-state index contributed by atoms with van der Waals surface area (Å²) >= 11 is 0. The highest BCUT2D eigenvalue weighted by Crippen LogP contribution is 2.16. The van der Waals surface area contributed by atoms with E-state index in [0.717, 1.165) is 12.2 Å². The summed E-state index contributed by atoms with van der Waals surface area (Å²) in [6.45, 7) is 8.74. The molecule has 0 bridgehead atoms. The van der Waals surface area contributed by atoms with Crippen LogP contribution in [0, 0.1) is 0 Å². The number of carbonyl (C=O) groups excluding carboxylic acids is 1. The van der Waals surface area contributed by atoms with Crippen LogP contribution in [0.4, 0.5) is 4.79 Å². The molecule has 1 aromatic rings. The van der Waals surface area contributed by atoms with Crippen molar-refractivity contribution < 1.29 is 9.53 Å². The summed E-state index contributed by atoms with van der Waals surface area (Å²) in [6, 6.07) is 0.100. The fourth-order valence-electron chi connectivity index (χ4n) is 2.49. The maximum absolute atomic E-state index is 12.2. The Labute approximate surface area is 131 Å². The Bertz CT molecular complexity index is 510. The van der Waals surface area contributed by atoms with Gasteiger partial charge in [0.1, 0.15) is 5.60 Å². The van der Waals surface area contributed by atoms with Gasteiger partial charge in [-0.2, -0.15) is 0 Å². The van der Waals surface area contributed by atoms with E-state index in [1.54, 1.807) is 9.58 Å². The Morgan fingerprint density at radius 2 is 2.18 bits per heavy atom. The first-order chi connectivity index (χ1) is 10.3. The molecule has 1 atom stereocenters. The predicted molar refractivity (Wildman–Crippen MR) is 82.1 cm³/mol. The normalized spacial score (nSPS) is 20.2. The van der Waals surface area contributed by atoms with Gasteiger partial charge in [-0.15, -0.1) is 5.10 Å². The highest BCUT2D eigenvalue weighted by atomic mass is 16.6. The van der Waals surface area contributed by atoms with Crippen LogP contribution < -0.4 is 5.73 Å². The van der Waals surface area contributed by atoms with Gasteiger partial charge in [0.2, 0.25) is 0 Å². The number of nitrogens with two attached hydrogens (primary N) is 1. The second-order valence-corrected chi connectivity index (χ2v) is 6.67. The quantitative estimate of drug-likeness (QED) is 0.857. The monoisotopic (exact) mass is 310 g/mol. The molecule has 1 unspecified atom stereocenters. The van der Waals surface area contributed by atoms with E-state index in [1.165, 1.54) is 0 Å². The van der Waals surface area contributed by atoms with Gasteiger partial charge in [0.05, 0.1) is 5.69 Å². The first-order valence-electron chi connectivity index (χ1n) is 7.56. The number of aromatic nitrogens is 3. The van der Waals surface area contributed by atoms with Gasteiger partial charge >= 0.3 is 6.09 Å². The lowest BCUT2D eigenvalue weighted by Gasteiger charge is -2.40. The fraction of sp³-hybridized carbons (Fsp3) is 0.786. The second kappa shape index (κ2) is 6.62. The smallest absolute Gasteiger partial charge is 0.410 e. The topological polar surface area (TPSA) is 89.5 Å². The Balaban J connectivity index is 1.94. The van der Waals surface area contributed by atoms with E-state index < -0.39 is 5.60 Å². The molecular formula is C14H26N6O2. The third-order valence-electron chi connectivity index (χ3n) is 3.54. The highest BCUT2D eigenvalue weighted by Gasteiger charge is 2.31. The Morgan fingerprint density at radius 3 is 2.73 bits per heavy atom. The molecule has 1 aliphatic rings. The van der Waals surface area contributed by atoms with Crippen molar-refractivity contribution in [3.63, 3.8) is 0 Å². The lowest BCUT2D eigenvalue weighted by molar-refractivity contribution is 0.00335. The van der Waals surface area contributed by atoms with Crippen molar-refractivity contribution in [1.82, 2.24) is 24.8 Å². The second-order valence-electron chi connectivity index (χ2n) is 6.67. The van der Waals surface area contributed by atoms with Crippen molar-refractivity contribution in [2.45, 2.75) is 39.0 Å². The summed E-state index contributed by atoms with van der Waals surface area (Å²) in [5, 5.41) is 8.05. The van der Waals surface area contributed by atoms with E-state index in [9.17, 15) is 4.79 Å². The molecule has 0 saturated carbocycles. The minimum absolute atomic E-state index is 0.100. The minimum atomic E-state index is -0.480. The summed E-state index contributed by atoms with van der Waals surface area (Å²) in [5.74, 6) is 0. The summed E-state index contributed by atoms with van der Waals surface area (Å²) < 4.78 is 7.11. The Hall–Kier alpha value is -1.67. The molecular weight excluding hydrogens is 284 g/mol. The molecule has 124 valence electrons. The SMILES string of the molecule is Cn1cc(CN2CCN(C(=O)OC(C)(C)C)CC2CN)nn1. The molecule has 2 rings (SSSR count). The number of nitrogens with zero attached hydrogens (tertiary/aromatic N) is 5. The fourth-order valence-corrected chi connectivity index (χ4v) is 2.49. The van der Waals surface area contributed by atoms with Gasteiger partial charge in [0.25, 0.3) is 0 Å². The molecule has 0 radical (unpaired) electrons. The zero-order valence-corrected chi connectivity index (χ0v) is 13.8. The van der Waals surface area contributed by atoms with Crippen molar-refractivity contribution in [2.24, 2.45) is 12.8 Å². The zero-order chi connectivity index (χ0) is 16.3. The van der Waals surface area contributed by atoms with E-state index >= 15 is 0 Å². The summed E-state index contributed by atoms with van der Waals surface area (Å²) in [7, 11) is 1.84. The largest absolute Gasteiger partial charge is 0.444 e. The van der Waals surface area contributed by atoms with Crippen LogP contribution in [-0.2, 0) is 18.3 Å². The zero-order valence-electron chi connectivity index (χ0n) is 13.8. The van der Waals surface area contributed by atoms with Crippen LogP contribution in [0.1, 0.15) is 26.5 Å². The highest BCUT2D eigenvalue weighted by molar-refractivity contribution is 5.68. The molecule has 1 aliphatic heterocycles.